The van der Waals surface area contributed by atoms with Gasteiger partial charge in [-0.05, 0) is 55.3 Å². The van der Waals surface area contributed by atoms with Gasteiger partial charge in [-0.2, -0.15) is 0 Å². The Balaban J connectivity index is 0.000000280. The van der Waals surface area contributed by atoms with Crippen molar-refractivity contribution in [3.63, 3.8) is 0 Å². The van der Waals surface area contributed by atoms with E-state index in [2.05, 4.69) is 13.8 Å². The van der Waals surface area contributed by atoms with Gasteiger partial charge in [-0.15, -0.1) is 0 Å². The summed E-state index contributed by atoms with van der Waals surface area (Å²) in [6.07, 6.45) is 5.54. The lowest BCUT2D eigenvalue weighted by atomic mass is 9.83. The van der Waals surface area contributed by atoms with E-state index in [1.165, 1.54) is 12.1 Å². The molecule has 0 aliphatic carbocycles. The van der Waals surface area contributed by atoms with Crippen LogP contribution in [-0.4, -0.2) is 60.8 Å². The summed E-state index contributed by atoms with van der Waals surface area (Å²) >= 11 is 0. The van der Waals surface area contributed by atoms with E-state index < -0.39 is 11.9 Å². The van der Waals surface area contributed by atoms with Gasteiger partial charge in [-0.1, -0.05) is 44.9 Å². The number of benzene rings is 2. The zero-order valence-corrected chi connectivity index (χ0v) is 21.4. The van der Waals surface area contributed by atoms with Crippen LogP contribution in [0.4, 0.5) is 4.39 Å². The molecule has 2 aliphatic heterocycles. The minimum absolute atomic E-state index is 0.184. The van der Waals surface area contributed by atoms with Gasteiger partial charge < -0.3 is 19.5 Å². The van der Waals surface area contributed by atoms with Gasteiger partial charge in [-0.3, -0.25) is 14.5 Å². The summed E-state index contributed by atoms with van der Waals surface area (Å²) in [6.45, 7) is 6.92. The molecule has 8 heteroatoms. The van der Waals surface area contributed by atoms with Gasteiger partial charge in [0.2, 0.25) is 13.2 Å². The molecular weight excluding hydrogens is 463 g/mol. The molecule has 2 heterocycles. The molecule has 1 N–H and O–H groups in total. The Morgan fingerprint density at radius 1 is 1.06 bits per heavy atom. The predicted octanol–water partition coefficient (Wildman–Crippen LogP) is 5.07. The largest absolute Gasteiger partial charge is 0.481 e. The van der Waals surface area contributed by atoms with E-state index in [4.69, 9.17) is 9.47 Å². The third-order valence-corrected chi connectivity index (χ3v) is 6.80. The van der Waals surface area contributed by atoms with Crippen LogP contribution in [0.3, 0.4) is 0 Å². The number of amides is 1. The Labute approximate surface area is 212 Å². The van der Waals surface area contributed by atoms with Crippen molar-refractivity contribution in [1.29, 1.82) is 0 Å². The first kappa shape index (κ1) is 27.5. The Bertz CT molecular complexity index is 992. The number of aliphatic carboxylic acids is 1. The summed E-state index contributed by atoms with van der Waals surface area (Å²) in [5.74, 6) is -0.681. The molecule has 4 rings (SSSR count). The molecule has 0 bridgehead atoms. The maximum Gasteiger partial charge on any atom is 0.309 e. The van der Waals surface area contributed by atoms with Crippen LogP contribution >= 0.6 is 0 Å². The van der Waals surface area contributed by atoms with E-state index >= 15 is 0 Å². The summed E-state index contributed by atoms with van der Waals surface area (Å²) in [4.78, 5) is 26.4. The Hall–Kier alpha value is -3.13. The van der Waals surface area contributed by atoms with Crippen LogP contribution in [0.2, 0.25) is 0 Å². The third-order valence-electron chi connectivity index (χ3n) is 6.80. The van der Waals surface area contributed by atoms with Crippen molar-refractivity contribution in [1.82, 2.24) is 9.80 Å². The van der Waals surface area contributed by atoms with Crippen molar-refractivity contribution in [2.45, 2.75) is 51.5 Å². The molecule has 1 saturated heterocycles. The molecule has 0 spiro atoms. The highest BCUT2D eigenvalue weighted by Crippen LogP contribution is 2.46. The SMILES string of the molecule is CCCCN(C=O)CCCC.CN1CC(c2ccc3c(c2)OCO3)C(C(=O)O)C1c1ccc(F)cc1. The number of carbonyl (C=O) groups is 2. The number of carboxylic acid groups (broad SMARTS) is 1. The lowest BCUT2D eigenvalue weighted by molar-refractivity contribution is -0.143. The number of nitrogens with zero attached hydrogens (tertiary/aromatic N) is 2. The van der Waals surface area contributed by atoms with Crippen molar-refractivity contribution in [2.24, 2.45) is 5.92 Å². The van der Waals surface area contributed by atoms with E-state index in [1.807, 2.05) is 35.0 Å². The summed E-state index contributed by atoms with van der Waals surface area (Å²) < 4.78 is 24.0. The van der Waals surface area contributed by atoms with Crippen molar-refractivity contribution < 1.29 is 28.6 Å². The normalized spacial score (nSPS) is 20.5. The zero-order chi connectivity index (χ0) is 26.1. The molecule has 0 aromatic heterocycles. The number of hydrogen-bond acceptors (Lipinski definition) is 5. The summed E-state index contributed by atoms with van der Waals surface area (Å²) in [7, 11) is 1.90. The molecule has 2 aromatic rings. The number of unbranched alkanes of at least 4 members (excludes halogenated alkanes) is 2. The first-order valence-electron chi connectivity index (χ1n) is 12.7. The second-order valence-corrected chi connectivity index (χ2v) is 9.37. The van der Waals surface area contributed by atoms with Gasteiger partial charge in [0.15, 0.2) is 11.5 Å². The number of carboxylic acids is 1. The Morgan fingerprint density at radius 2 is 1.67 bits per heavy atom. The van der Waals surface area contributed by atoms with Crippen LogP contribution in [0, 0.1) is 11.7 Å². The number of carbonyl (C=O) groups excluding carboxylic acids is 1. The van der Waals surface area contributed by atoms with E-state index in [9.17, 15) is 19.1 Å². The topological polar surface area (TPSA) is 79.3 Å². The second-order valence-electron chi connectivity index (χ2n) is 9.37. The Morgan fingerprint density at radius 3 is 2.25 bits per heavy atom. The van der Waals surface area contributed by atoms with Crippen LogP contribution in [0.15, 0.2) is 42.5 Å². The Kier molecular flexibility index (Phi) is 10.1. The minimum atomic E-state index is -0.860. The fraction of sp³-hybridized carbons (Fsp3) is 0.500. The number of fused-ring (bicyclic) bond motifs is 1. The highest BCUT2D eigenvalue weighted by Gasteiger charge is 2.46. The molecule has 1 fully saturated rings. The van der Waals surface area contributed by atoms with E-state index in [0.717, 1.165) is 56.3 Å². The molecule has 196 valence electrons. The fourth-order valence-corrected chi connectivity index (χ4v) is 4.86. The monoisotopic (exact) mass is 500 g/mol. The predicted molar refractivity (Wildman–Crippen MR) is 136 cm³/mol. The van der Waals surface area contributed by atoms with Crippen LogP contribution in [0.5, 0.6) is 11.5 Å². The molecule has 7 nitrogen and oxygen atoms in total. The highest BCUT2D eigenvalue weighted by molar-refractivity contribution is 5.73. The third kappa shape index (κ3) is 6.75. The highest BCUT2D eigenvalue weighted by atomic mass is 19.1. The van der Waals surface area contributed by atoms with Crippen molar-refractivity contribution >= 4 is 12.4 Å². The number of halogens is 1. The van der Waals surface area contributed by atoms with Gasteiger partial charge in [0.1, 0.15) is 5.82 Å². The molecule has 3 atom stereocenters. The van der Waals surface area contributed by atoms with Gasteiger partial charge in [0.25, 0.3) is 0 Å². The van der Waals surface area contributed by atoms with Crippen LogP contribution in [-0.2, 0) is 9.59 Å². The molecule has 1 amide bonds. The zero-order valence-electron chi connectivity index (χ0n) is 21.4. The maximum atomic E-state index is 13.2. The molecule has 2 aromatic carbocycles. The van der Waals surface area contributed by atoms with E-state index in [0.29, 0.717) is 18.0 Å². The fourth-order valence-electron chi connectivity index (χ4n) is 4.86. The number of ether oxygens (including phenoxy) is 2. The lowest BCUT2D eigenvalue weighted by Crippen LogP contribution is -2.26. The second kappa shape index (κ2) is 13.3. The molecule has 0 radical (unpaired) electrons. The van der Waals surface area contributed by atoms with Crippen molar-refractivity contribution in [3.05, 3.63) is 59.4 Å². The molecule has 0 saturated carbocycles. The first-order chi connectivity index (χ1) is 17.4. The standard InChI is InChI=1S/C19H18FNO4.C9H19NO/c1-21-9-14(12-4-7-15-16(8-12)25-10-24-15)17(19(22)23)18(21)11-2-5-13(20)6-3-11;1-3-5-7-10(9-11)8-6-4-2/h2-8,14,17-18H,9-10H2,1H3,(H,22,23);9H,3-8H2,1-2H3. The number of likely N-dealkylation sites (tertiary alicyclic amines) is 1. The van der Waals surface area contributed by atoms with E-state index in [-0.39, 0.29) is 24.6 Å². The van der Waals surface area contributed by atoms with Crippen molar-refractivity contribution in [2.75, 3.05) is 33.5 Å². The van der Waals surface area contributed by atoms with Crippen molar-refractivity contribution in [3.8, 4) is 11.5 Å². The number of likely N-dealkylation sites (N-methyl/N-ethyl adjacent to an activating group) is 1. The summed E-state index contributed by atoms with van der Waals surface area (Å²) in [5.41, 5.74) is 1.72. The van der Waals surface area contributed by atoms with Crippen LogP contribution in [0.25, 0.3) is 0 Å². The average Bonchev–Trinajstić information content (AvgIpc) is 3.49. The van der Waals surface area contributed by atoms with Gasteiger partial charge >= 0.3 is 5.97 Å². The average molecular weight is 501 g/mol. The van der Waals surface area contributed by atoms with E-state index in [1.54, 1.807) is 12.1 Å². The summed E-state index contributed by atoms with van der Waals surface area (Å²) in [5, 5.41) is 9.89. The quantitative estimate of drug-likeness (QED) is 0.459. The van der Waals surface area contributed by atoms with Gasteiger partial charge in [0, 0.05) is 31.6 Å². The number of rotatable bonds is 10. The molecule has 36 heavy (non-hydrogen) atoms. The molecule has 3 unspecified atom stereocenters. The molecule has 2 aliphatic rings. The summed E-state index contributed by atoms with van der Waals surface area (Å²) in [6, 6.07) is 11.3. The van der Waals surface area contributed by atoms with Crippen LogP contribution < -0.4 is 9.47 Å². The van der Waals surface area contributed by atoms with Gasteiger partial charge in [-0.25, -0.2) is 4.39 Å². The van der Waals surface area contributed by atoms with Crippen LogP contribution in [0.1, 0.15) is 62.6 Å². The minimum Gasteiger partial charge on any atom is -0.481 e. The smallest absolute Gasteiger partial charge is 0.309 e. The molecular formula is C28H37FN2O5. The maximum absolute atomic E-state index is 13.2. The first-order valence-corrected chi connectivity index (χ1v) is 12.7. The number of hydrogen-bond donors (Lipinski definition) is 1. The lowest BCUT2D eigenvalue weighted by Gasteiger charge is -2.24. The van der Waals surface area contributed by atoms with Gasteiger partial charge in [0.05, 0.1) is 5.92 Å².